The first kappa shape index (κ1) is 13.7. The highest BCUT2D eigenvalue weighted by Crippen LogP contribution is 2.35. The highest BCUT2D eigenvalue weighted by Gasteiger charge is 2.38. The van der Waals surface area contributed by atoms with Crippen LogP contribution in [0.2, 0.25) is 0 Å². The Morgan fingerprint density at radius 3 is 2.62 bits per heavy atom. The molecule has 2 aliphatic heterocycles. The van der Waals surface area contributed by atoms with Gasteiger partial charge in [0.15, 0.2) is 0 Å². The van der Waals surface area contributed by atoms with Crippen LogP contribution in [0, 0.1) is 23.6 Å². The van der Waals surface area contributed by atoms with E-state index in [9.17, 15) is 4.39 Å². The summed E-state index contributed by atoms with van der Waals surface area (Å²) in [7, 11) is 0. The molecule has 2 saturated heterocycles. The van der Waals surface area contributed by atoms with E-state index in [2.05, 4.69) is 9.80 Å². The van der Waals surface area contributed by atoms with Crippen molar-refractivity contribution in [1.29, 1.82) is 0 Å². The third kappa shape index (κ3) is 3.29. The number of benzene rings is 1. The minimum atomic E-state index is -0.111. The molecule has 3 aliphatic rings. The van der Waals surface area contributed by atoms with Gasteiger partial charge in [0.25, 0.3) is 0 Å². The number of nitrogens with zero attached hydrogens (tertiary/aromatic N) is 2. The van der Waals surface area contributed by atoms with Gasteiger partial charge in [0, 0.05) is 32.7 Å². The number of hydrogen-bond donors (Lipinski definition) is 0. The molecule has 1 aliphatic carbocycles. The van der Waals surface area contributed by atoms with E-state index in [-0.39, 0.29) is 5.82 Å². The van der Waals surface area contributed by atoms with Crippen LogP contribution in [0.5, 0.6) is 0 Å². The SMILES string of the molecule is Fc1cccc(CN2C[C@H]3CCN(CC4CC4)C[C@H]3C2)c1. The molecular formula is C18H25FN2. The summed E-state index contributed by atoms with van der Waals surface area (Å²) >= 11 is 0. The normalized spacial score (nSPS) is 30.5. The van der Waals surface area contributed by atoms with Gasteiger partial charge in [0.1, 0.15) is 5.82 Å². The first-order valence-corrected chi connectivity index (χ1v) is 8.45. The van der Waals surface area contributed by atoms with Gasteiger partial charge in [0.05, 0.1) is 0 Å². The summed E-state index contributed by atoms with van der Waals surface area (Å²) < 4.78 is 13.3. The molecule has 1 aromatic carbocycles. The summed E-state index contributed by atoms with van der Waals surface area (Å²) in [6, 6.07) is 7.08. The Hall–Kier alpha value is -0.930. The fourth-order valence-corrected chi connectivity index (χ4v) is 4.20. The number of piperidine rings is 1. The molecule has 0 aromatic heterocycles. The summed E-state index contributed by atoms with van der Waals surface area (Å²) in [6.45, 7) is 7.24. The zero-order valence-corrected chi connectivity index (χ0v) is 12.7. The Kier molecular flexibility index (Phi) is 3.72. The van der Waals surface area contributed by atoms with E-state index >= 15 is 0 Å². The molecule has 2 heterocycles. The maximum Gasteiger partial charge on any atom is 0.123 e. The highest BCUT2D eigenvalue weighted by atomic mass is 19.1. The van der Waals surface area contributed by atoms with E-state index in [1.807, 2.05) is 12.1 Å². The van der Waals surface area contributed by atoms with Gasteiger partial charge in [-0.1, -0.05) is 12.1 Å². The molecule has 1 aromatic rings. The molecule has 0 N–H and O–H groups in total. The first-order chi connectivity index (χ1) is 10.3. The number of fused-ring (bicyclic) bond motifs is 1. The minimum absolute atomic E-state index is 0.111. The van der Waals surface area contributed by atoms with E-state index in [1.54, 1.807) is 6.07 Å². The summed E-state index contributed by atoms with van der Waals surface area (Å²) in [5.41, 5.74) is 1.11. The molecule has 0 bridgehead atoms. The maximum absolute atomic E-state index is 13.3. The number of hydrogen-bond acceptors (Lipinski definition) is 2. The molecule has 4 rings (SSSR count). The standard InChI is InChI=1S/C18H25FN2/c19-18-3-1-2-15(8-18)10-21-11-16-6-7-20(9-14-4-5-14)12-17(16)13-21/h1-3,8,14,16-17H,4-7,9-13H2/t16-,17+/m1/s1. The van der Waals surface area contributed by atoms with Crippen LogP contribution in [0.25, 0.3) is 0 Å². The summed E-state index contributed by atoms with van der Waals surface area (Å²) in [4.78, 5) is 5.23. The Morgan fingerprint density at radius 1 is 1.00 bits per heavy atom. The zero-order valence-electron chi connectivity index (χ0n) is 12.7. The topological polar surface area (TPSA) is 6.48 Å². The van der Waals surface area contributed by atoms with E-state index < -0.39 is 0 Å². The molecule has 21 heavy (non-hydrogen) atoms. The van der Waals surface area contributed by atoms with Gasteiger partial charge in [-0.2, -0.15) is 0 Å². The van der Waals surface area contributed by atoms with Gasteiger partial charge in [-0.25, -0.2) is 4.39 Å². The molecule has 114 valence electrons. The summed E-state index contributed by atoms with van der Waals surface area (Å²) in [6.07, 6.45) is 4.27. The van der Waals surface area contributed by atoms with Gasteiger partial charge >= 0.3 is 0 Å². The molecule has 3 fully saturated rings. The van der Waals surface area contributed by atoms with Crippen LogP contribution in [-0.2, 0) is 6.54 Å². The smallest absolute Gasteiger partial charge is 0.123 e. The number of rotatable bonds is 4. The van der Waals surface area contributed by atoms with Crippen molar-refractivity contribution in [2.45, 2.75) is 25.8 Å². The molecule has 2 nitrogen and oxygen atoms in total. The van der Waals surface area contributed by atoms with Crippen LogP contribution >= 0.6 is 0 Å². The van der Waals surface area contributed by atoms with Crippen LogP contribution in [0.4, 0.5) is 4.39 Å². The molecule has 0 radical (unpaired) electrons. The van der Waals surface area contributed by atoms with E-state index in [1.165, 1.54) is 58.1 Å². The lowest BCUT2D eigenvalue weighted by molar-refractivity contribution is 0.143. The zero-order chi connectivity index (χ0) is 14.2. The van der Waals surface area contributed by atoms with Crippen LogP contribution in [0.1, 0.15) is 24.8 Å². The van der Waals surface area contributed by atoms with Crippen molar-refractivity contribution in [2.24, 2.45) is 17.8 Å². The fraction of sp³-hybridized carbons (Fsp3) is 0.667. The van der Waals surface area contributed by atoms with Gasteiger partial charge in [-0.3, -0.25) is 4.90 Å². The lowest BCUT2D eigenvalue weighted by Gasteiger charge is -2.34. The second-order valence-electron chi connectivity index (χ2n) is 7.34. The molecule has 1 saturated carbocycles. The summed E-state index contributed by atoms with van der Waals surface area (Å²) in [5, 5.41) is 0. The van der Waals surface area contributed by atoms with Crippen molar-refractivity contribution in [3.8, 4) is 0 Å². The number of halogens is 1. The van der Waals surface area contributed by atoms with E-state index in [0.29, 0.717) is 0 Å². The van der Waals surface area contributed by atoms with Crippen molar-refractivity contribution in [2.75, 3.05) is 32.7 Å². The third-order valence-electron chi connectivity index (χ3n) is 5.47. The molecule has 0 amide bonds. The van der Waals surface area contributed by atoms with Crippen LogP contribution in [0.15, 0.2) is 24.3 Å². The molecule has 0 spiro atoms. The van der Waals surface area contributed by atoms with Gasteiger partial charge < -0.3 is 4.90 Å². The minimum Gasteiger partial charge on any atom is -0.303 e. The molecule has 0 unspecified atom stereocenters. The van der Waals surface area contributed by atoms with Crippen molar-refractivity contribution in [3.05, 3.63) is 35.6 Å². The van der Waals surface area contributed by atoms with Gasteiger partial charge in [-0.15, -0.1) is 0 Å². The maximum atomic E-state index is 13.3. The average Bonchev–Trinajstić information content (AvgIpc) is 3.17. The first-order valence-electron chi connectivity index (χ1n) is 8.45. The molecular weight excluding hydrogens is 263 g/mol. The third-order valence-corrected chi connectivity index (χ3v) is 5.47. The van der Waals surface area contributed by atoms with Crippen LogP contribution in [0.3, 0.4) is 0 Å². The Bertz CT molecular complexity index is 500. The quantitative estimate of drug-likeness (QED) is 0.840. The highest BCUT2D eigenvalue weighted by molar-refractivity contribution is 5.16. The van der Waals surface area contributed by atoms with E-state index in [4.69, 9.17) is 0 Å². The predicted octanol–water partition coefficient (Wildman–Crippen LogP) is 2.99. The lowest BCUT2D eigenvalue weighted by atomic mass is 9.88. The second-order valence-corrected chi connectivity index (χ2v) is 7.34. The Morgan fingerprint density at radius 2 is 1.81 bits per heavy atom. The lowest BCUT2D eigenvalue weighted by Crippen LogP contribution is -2.40. The second kappa shape index (κ2) is 5.69. The molecule has 2 atom stereocenters. The Labute approximate surface area is 126 Å². The number of likely N-dealkylation sites (tertiary alicyclic amines) is 2. The summed E-state index contributed by atoms with van der Waals surface area (Å²) in [5.74, 6) is 2.60. The van der Waals surface area contributed by atoms with Crippen LogP contribution in [-0.4, -0.2) is 42.5 Å². The van der Waals surface area contributed by atoms with Gasteiger partial charge in [0.2, 0.25) is 0 Å². The van der Waals surface area contributed by atoms with Crippen molar-refractivity contribution < 1.29 is 4.39 Å². The fourth-order valence-electron chi connectivity index (χ4n) is 4.20. The van der Waals surface area contributed by atoms with E-state index in [0.717, 1.165) is 29.9 Å². The van der Waals surface area contributed by atoms with Crippen molar-refractivity contribution >= 4 is 0 Å². The predicted molar refractivity (Wildman–Crippen MR) is 82.4 cm³/mol. The van der Waals surface area contributed by atoms with Crippen LogP contribution < -0.4 is 0 Å². The monoisotopic (exact) mass is 288 g/mol. The Balaban J connectivity index is 1.33. The molecule has 3 heteroatoms. The largest absolute Gasteiger partial charge is 0.303 e. The van der Waals surface area contributed by atoms with Gasteiger partial charge in [-0.05, 0) is 61.3 Å². The average molecular weight is 288 g/mol. The van der Waals surface area contributed by atoms with Crippen molar-refractivity contribution in [3.63, 3.8) is 0 Å². The van der Waals surface area contributed by atoms with Crippen molar-refractivity contribution in [1.82, 2.24) is 9.80 Å².